The molecule has 94 valence electrons. The van der Waals surface area contributed by atoms with Crippen molar-refractivity contribution in [1.29, 1.82) is 0 Å². The van der Waals surface area contributed by atoms with Gasteiger partial charge in [-0.15, -0.1) is 0 Å². The van der Waals surface area contributed by atoms with Gasteiger partial charge in [0.05, 0.1) is 11.4 Å². The van der Waals surface area contributed by atoms with E-state index in [0.29, 0.717) is 17.0 Å². The van der Waals surface area contributed by atoms with Crippen LogP contribution in [0.2, 0.25) is 0 Å². The zero-order valence-corrected chi connectivity index (χ0v) is 10.2. The lowest BCUT2D eigenvalue weighted by Crippen LogP contribution is -2.16. The van der Waals surface area contributed by atoms with Crippen molar-refractivity contribution in [2.45, 2.75) is 13.8 Å². The van der Waals surface area contributed by atoms with Crippen LogP contribution >= 0.6 is 0 Å². The predicted octanol–water partition coefficient (Wildman–Crippen LogP) is 0.485. The number of aromatic carboxylic acids is 1. The summed E-state index contributed by atoms with van der Waals surface area (Å²) >= 11 is 0. The van der Waals surface area contributed by atoms with Crippen LogP contribution in [0, 0.1) is 13.8 Å². The van der Waals surface area contributed by atoms with Crippen LogP contribution in [0.3, 0.4) is 0 Å². The van der Waals surface area contributed by atoms with E-state index in [2.05, 4.69) is 15.1 Å². The summed E-state index contributed by atoms with van der Waals surface area (Å²) in [5, 5.41) is 13.1. The van der Waals surface area contributed by atoms with Crippen LogP contribution in [-0.2, 0) is 7.05 Å². The van der Waals surface area contributed by atoms with E-state index in [1.807, 2.05) is 6.92 Å². The van der Waals surface area contributed by atoms with Crippen molar-refractivity contribution < 1.29 is 9.90 Å². The molecule has 2 heterocycles. The molecule has 7 heteroatoms. The van der Waals surface area contributed by atoms with Crippen LogP contribution in [0.1, 0.15) is 21.9 Å². The maximum atomic E-state index is 11.4. The normalized spacial score (nSPS) is 10.6. The van der Waals surface area contributed by atoms with E-state index >= 15 is 0 Å². The Bertz CT molecular complexity index is 684. The SMILES string of the molecule is Cc1nn(C)c(C)c1-c1cc(C(=O)O)[nH]c(=O)n1. The second-order valence-electron chi connectivity index (χ2n) is 3.96. The zero-order chi connectivity index (χ0) is 13.4. The molecule has 18 heavy (non-hydrogen) atoms. The zero-order valence-electron chi connectivity index (χ0n) is 10.2. The molecule has 0 aromatic carbocycles. The first kappa shape index (κ1) is 12.0. The van der Waals surface area contributed by atoms with Crippen molar-refractivity contribution in [2.75, 3.05) is 0 Å². The molecule has 0 spiro atoms. The number of aromatic amines is 1. The summed E-state index contributed by atoms with van der Waals surface area (Å²) in [4.78, 5) is 28.2. The first-order valence-corrected chi connectivity index (χ1v) is 5.25. The van der Waals surface area contributed by atoms with Gasteiger partial charge in [0.1, 0.15) is 5.69 Å². The summed E-state index contributed by atoms with van der Waals surface area (Å²) in [6, 6.07) is 1.33. The lowest BCUT2D eigenvalue weighted by molar-refractivity contribution is 0.0690. The number of nitrogens with zero attached hydrogens (tertiary/aromatic N) is 3. The van der Waals surface area contributed by atoms with E-state index in [1.54, 1.807) is 18.7 Å². The number of hydrogen-bond donors (Lipinski definition) is 2. The summed E-state index contributed by atoms with van der Waals surface area (Å²) < 4.78 is 1.66. The Morgan fingerprint density at radius 2 is 2.11 bits per heavy atom. The summed E-state index contributed by atoms with van der Waals surface area (Å²) in [6.07, 6.45) is 0. The maximum Gasteiger partial charge on any atom is 0.352 e. The topological polar surface area (TPSA) is 101 Å². The van der Waals surface area contributed by atoms with E-state index in [4.69, 9.17) is 5.11 Å². The molecule has 0 aliphatic rings. The fourth-order valence-electron chi connectivity index (χ4n) is 1.85. The Labute approximate surface area is 102 Å². The molecular formula is C11H12N4O3. The number of carbonyl (C=O) groups is 1. The van der Waals surface area contributed by atoms with Crippen LogP contribution in [-0.4, -0.2) is 30.8 Å². The standard InChI is InChI=1S/C11H12N4O3/c1-5-9(6(2)15(3)14-5)7-4-8(10(16)17)13-11(18)12-7/h4H,1-3H3,(H,16,17)(H,12,13,18). The van der Waals surface area contributed by atoms with E-state index in [0.717, 1.165) is 5.69 Å². The molecule has 0 bridgehead atoms. The van der Waals surface area contributed by atoms with E-state index in [9.17, 15) is 9.59 Å². The highest BCUT2D eigenvalue weighted by molar-refractivity contribution is 5.86. The predicted molar refractivity (Wildman–Crippen MR) is 63.5 cm³/mol. The van der Waals surface area contributed by atoms with Crippen molar-refractivity contribution in [1.82, 2.24) is 19.7 Å². The molecule has 2 rings (SSSR count). The second-order valence-corrected chi connectivity index (χ2v) is 3.96. The van der Waals surface area contributed by atoms with Gasteiger partial charge in [0, 0.05) is 18.3 Å². The highest BCUT2D eigenvalue weighted by atomic mass is 16.4. The van der Waals surface area contributed by atoms with Gasteiger partial charge in [-0.3, -0.25) is 9.67 Å². The van der Waals surface area contributed by atoms with Crippen LogP contribution in [0.15, 0.2) is 10.9 Å². The number of hydrogen-bond acceptors (Lipinski definition) is 4. The van der Waals surface area contributed by atoms with Gasteiger partial charge in [-0.1, -0.05) is 0 Å². The maximum absolute atomic E-state index is 11.4. The van der Waals surface area contributed by atoms with Crippen LogP contribution in [0.25, 0.3) is 11.3 Å². The van der Waals surface area contributed by atoms with Gasteiger partial charge in [-0.25, -0.2) is 9.59 Å². The van der Waals surface area contributed by atoms with E-state index in [-0.39, 0.29) is 5.69 Å². The van der Waals surface area contributed by atoms with Gasteiger partial charge in [0.25, 0.3) is 0 Å². The third-order valence-electron chi connectivity index (χ3n) is 2.74. The van der Waals surface area contributed by atoms with E-state index in [1.165, 1.54) is 6.07 Å². The van der Waals surface area contributed by atoms with Gasteiger partial charge >= 0.3 is 11.7 Å². The summed E-state index contributed by atoms with van der Waals surface area (Å²) in [7, 11) is 1.77. The molecule has 7 nitrogen and oxygen atoms in total. The van der Waals surface area contributed by atoms with Gasteiger partial charge < -0.3 is 5.11 Å². The average molecular weight is 248 g/mol. The van der Waals surface area contributed by atoms with Crippen molar-refractivity contribution in [3.8, 4) is 11.3 Å². The van der Waals surface area contributed by atoms with Gasteiger partial charge in [-0.05, 0) is 19.9 Å². The number of aryl methyl sites for hydroxylation is 2. The number of aromatic nitrogens is 4. The van der Waals surface area contributed by atoms with Crippen molar-refractivity contribution in [2.24, 2.45) is 7.05 Å². The highest BCUT2D eigenvalue weighted by Crippen LogP contribution is 2.23. The molecule has 0 saturated heterocycles. The fraction of sp³-hybridized carbons (Fsp3) is 0.273. The van der Waals surface area contributed by atoms with Gasteiger partial charge in [0.15, 0.2) is 0 Å². The molecule has 0 unspecified atom stereocenters. The summed E-state index contributed by atoms with van der Waals surface area (Å²) in [6.45, 7) is 3.62. The Morgan fingerprint density at radius 1 is 1.44 bits per heavy atom. The number of H-pyrrole nitrogens is 1. The highest BCUT2D eigenvalue weighted by Gasteiger charge is 2.16. The molecule has 0 radical (unpaired) electrons. The number of rotatable bonds is 2. The Balaban J connectivity index is 2.71. The van der Waals surface area contributed by atoms with Crippen molar-refractivity contribution >= 4 is 5.97 Å². The minimum atomic E-state index is -1.20. The number of carboxylic acid groups (broad SMARTS) is 1. The minimum absolute atomic E-state index is 0.187. The summed E-state index contributed by atoms with van der Waals surface area (Å²) in [5.74, 6) is -1.20. The molecular weight excluding hydrogens is 236 g/mol. The number of nitrogens with one attached hydrogen (secondary N) is 1. The van der Waals surface area contributed by atoms with Crippen molar-refractivity contribution in [3.63, 3.8) is 0 Å². The fourth-order valence-corrected chi connectivity index (χ4v) is 1.85. The van der Waals surface area contributed by atoms with Crippen LogP contribution in [0.5, 0.6) is 0 Å². The lowest BCUT2D eigenvalue weighted by Gasteiger charge is -2.02. The molecule has 0 fully saturated rings. The first-order valence-electron chi connectivity index (χ1n) is 5.25. The second kappa shape index (κ2) is 4.10. The average Bonchev–Trinajstić information content (AvgIpc) is 2.52. The molecule has 2 N–H and O–H groups in total. The minimum Gasteiger partial charge on any atom is -0.477 e. The largest absolute Gasteiger partial charge is 0.477 e. The smallest absolute Gasteiger partial charge is 0.352 e. The molecule has 0 atom stereocenters. The van der Waals surface area contributed by atoms with Gasteiger partial charge in [-0.2, -0.15) is 10.1 Å². The molecule has 2 aromatic rings. The van der Waals surface area contributed by atoms with E-state index < -0.39 is 11.7 Å². The first-order chi connectivity index (χ1) is 8.40. The Morgan fingerprint density at radius 3 is 2.61 bits per heavy atom. The molecule has 2 aromatic heterocycles. The molecule has 0 aliphatic carbocycles. The third kappa shape index (κ3) is 1.90. The molecule has 0 amide bonds. The van der Waals surface area contributed by atoms with Crippen LogP contribution in [0.4, 0.5) is 0 Å². The molecule has 0 saturated carbocycles. The third-order valence-corrected chi connectivity index (χ3v) is 2.74. The number of carboxylic acids is 1. The van der Waals surface area contributed by atoms with Gasteiger partial charge in [0.2, 0.25) is 0 Å². The van der Waals surface area contributed by atoms with Crippen molar-refractivity contribution in [3.05, 3.63) is 33.6 Å². The lowest BCUT2D eigenvalue weighted by atomic mass is 10.1. The van der Waals surface area contributed by atoms with Crippen LogP contribution < -0.4 is 5.69 Å². The Hall–Kier alpha value is -2.44. The quantitative estimate of drug-likeness (QED) is 0.805. The molecule has 0 aliphatic heterocycles. The summed E-state index contributed by atoms with van der Waals surface area (Å²) in [5.41, 5.74) is 1.65. The monoisotopic (exact) mass is 248 g/mol. The Kier molecular flexibility index (Phi) is 2.74.